The molecular weight excluding hydrogens is 452 g/mol. The van der Waals surface area contributed by atoms with Gasteiger partial charge in [0.1, 0.15) is 0 Å². The van der Waals surface area contributed by atoms with Crippen molar-refractivity contribution < 1.29 is 9.90 Å². The fourth-order valence-corrected chi connectivity index (χ4v) is 3.53. The topological polar surface area (TPSA) is 87.1 Å². The lowest BCUT2D eigenvalue weighted by Gasteiger charge is -2.13. The first-order chi connectivity index (χ1) is 14.1. The summed E-state index contributed by atoms with van der Waals surface area (Å²) in [6.45, 7) is 0. The molecule has 144 valence electrons. The van der Waals surface area contributed by atoms with Gasteiger partial charge in [-0.05, 0) is 66.5 Å². The summed E-state index contributed by atoms with van der Waals surface area (Å²) in [4.78, 5) is 21.6. The summed E-state index contributed by atoms with van der Waals surface area (Å²) in [6.07, 6.45) is 0. The summed E-state index contributed by atoms with van der Waals surface area (Å²) < 4.78 is 4.26. The van der Waals surface area contributed by atoms with Crippen LogP contribution in [0.1, 0.15) is 10.4 Å². The van der Waals surface area contributed by atoms with Gasteiger partial charge < -0.3 is 15.1 Å². The maximum atomic E-state index is 11.3. The van der Waals surface area contributed by atoms with E-state index in [1.807, 2.05) is 48.5 Å². The summed E-state index contributed by atoms with van der Waals surface area (Å²) in [5.41, 5.74) is 2.31. The van der Waals surface area contributed by atoms with Gasteiger partial charge in [0.2, 0.25) is 0 Å². The quantitative estimate of drug-likeness (QED) is 0.302. The van der Waals surface area contributed by atoms with Crippen molar-refractivity contribution >= 4 is 62.2 Å². The Morgan fingerprint density at radius 3 is 2.28 bits per heavy atom. The number of carboxylic acids is 1. The van der Waals surface area contributed by atoms with Gasteiger partial charge in [0, 0.05) is 15.1 Å². The molecule has 1 aromatic heterocycles. The van der Waals surface area contributed by atoms with Crippen molar-refractivity contribution in [3.63, 3.8) is 0 Å². The second kappa shape index (κ2) is 8.50. The lowest BCUT2D eigenvalue weighted by Crippen LogP contribution is -2.03. The first-order valence-electron chi connectivity index (χ1n) is 8.64. The predicted octanol–water partition coefficient (Wildman–Crippen LogP) is 5.95. The third-order valence-corrected chi connectivity index (χ3v) is 5.35. The molecule has 3 aromatic carbocycles. The Labute approximate surface area is 179 Å². The molecule has 29 heavy (non-hydrogen) atoms. The highest BCUT2D eigenvalue weighted by molar-refractivity contribution is 9.10. The molecule has 4 aromatic rings. The molecule has 3 N–H and O–H groups in total. The molecule has 0 radical (unpaired) electrons. The van der Waals surface area contributed by atoms with E-state index < -0.39 is 5.97 Å². The van der Waals surface area contributed by atoms with Gasteiger partial charge in [0.25, 0.3) is 0 Å². The van der Waals surface area contributed by atoms with Gasteiger partial charge in [0.05, 0.1) is 16.6 Å². The first-order valence-corrected chi connectivity index (χ1v) is 10.2. The van der Waals surface area contributed by atoms with Gasteiger partial charge in [-0.25, -0.2) is 14.8 Å². The number of carboxylic acid groups (broad SMARTS) is 1. The Balaban J connectivity index is 1.67. The van der Waals surface area contributed by atoms with Crippen molar-refractivity contribution in [2.24, 2.45) is 0 Å². The maximum Gasteiger partial charge on any atom is 0.335 e. The van der Waals surface area contributed by atoms with Crippen LogP contribution < -0.4 is 10.0 Å². The average molecular weight is 467 g/mol. The number of aromatic nitrogens is 2. The molecule has 0 unspecified atom stereocenters. The summed E-state index contributed by atoms with van der Waals surface area (Å²) in [6, 6.07) is 22.1. The minimum atomic E-state index is -0.984. The lowest BCUT2D eigenvalue weighted by atomic mass is 10.2. The number of nitrogens with one attached hydrogen (secondary N) is 2. The predicted molar refractivity (Wildman–Crippen MR) is 120 cm³/mol. The van der Waals surface area contributed by atoms with Crippen LogP contribution >= 0.6 is 27.9 Å². The number of hydrogen-bond acceptors (Lipinski definition) is 6. The summed E-state index contributed by atoms with van der Waals surface area (Å²) in [5.74, 6) is 0.0792. The van der Waals surface area contributed by atoms with E-state index in [9.17, 15) is 9.90 Å². The summed E-state index contributed by atoms with van der Waals surface area (Å²) in [5, 5.41) is 12.4. The van der Waals surface area contributed by atoms with E-state index in [4.69, 9.17) is 0 Å². The monoisotopic (exact) mass is 466 g/mol. The van der Waals surface area contributed by atoms with E-state index in [2.05, 4.69) is 35.9 Å². The van der Waals surface area contributed by atoms with E-state index in [-0.39, 0.29) is 5.56 Å². The SMILES string of the molecule is O=C(O)c1cccc(Nc2nc3ccccc3nc2NSc2ccc(Br)cc2)c1. The molecule has 8 heteroatoms. The second-order valence-electron chi connectivity index (χ2n) is 6.08. The molecule has 0 aliphatic rings. The smallest absolute Gasteiger partial charge is 0.335 e. The van der Waals surface area contributed by atoms with Crippen LogP contribution in [0.5, 0.6) is 0 Å². The highest BCUT2D eigenvalue weighted by atomic mass is 79.9. The highest BCUT2D eigenvalue weighted by Gasteiger charge is 2.11. The minimum Gasteiger partial charge on any atom is -0.478 e. The highest BCUT2D eigenvalue weighted by Crippen LogP contribution is 2.29. The minimum absolute atomic E-state index is 0.197. The van der Waals surface area contributed by atoms with Crippen molar-refractivity contribution in [1.82, 2.24) is 9.97 Å². The number of para-hydroxylation sites is 2. The van der Waals surface area contributed by atoms with E-state index in [0.717, 1.165) is 20.4 Å². The average Bonchev–Trinajstić information content (AvgIpc) is 2.73. The summed E-state index contributed by atoms with van der Waals surface area (Å²) >= 11 is 4.85. The Morgan fingerprint density at radius 1 is 0.897 bits per heavy atom. The Morgan fingerprint density at radius 2 is 1.59 bits per heavy atom. The molecule has 0 aliphatic heterocycles. The molecule has 0 saturated heterocycles. The van der Waals surface area contributed by atoms with Gasteiger partial charge in [-0.15, -0.1) is 0 Å². The van der Waals surface area contributed by atoms with E-state index >= 15 is 0 Å². The zero-order chi connectivity index (χ0) is 20.2. The second-order valence-corrected chi connectivity index (χ2v) is 7.87. The molecule has 0 amide bonds. The van der Waals surface area contributed by atoms with Crippen LogP contribution in [-0.2, 0) is 0 Å². The number of rotatable bonds is 6. The third kappa shape index (κ3) is 4.67. The number of carbonyl (C=O) groups is 1. The van der Waals surface area contributed by atoms with Gasteiger partial charge in [-0.1, -0.05) is 34.1 Å². The molecule has 0 atom stereocenters. The van der Waals surface area contributed by atoms with Crippen LogP contribution in [-0.4, -0.2) is 21.0 Å². The number of aromatic carboxylic acids is 1. The Kier molecular flexibility index (Phi) is 5.64. The molecule has 0 fully saturated rings. The first kappa shape index (κ1) is 19.2. The zero-order valence-electron chi connectivity index (χ0n) is 15.0. The van der Waals surface area contributed by atoms with E-state index in [1.54, 1.807) is 24.3 Å². The van der Waals surface area contributed by atoms with Crippen molar-refractivity contribution in [3.05, 3.63) is 82.8 Å². The zero-order valence-corrected chi connectivity index (χ0v) is 17.4. The number of anilines is 3. The number of nitrogens with zero attached hydrogens (tertiary/aromatic N) is 2. The molecule has 4 rings (SSSR count). The molecule has 0 spiro atoms. The number of fused-ring (bicyclic) bond motifs is 1. The largest absolute Gasteiger partial charge is 0.478 e. The Bertz CT molecular complexity index is 1180. The molecule has 0 saturated carbocycles. The number of hydrogen-bond donors (Lipinski definition) is 3. The van der Waals surface area contributed by atoms with E-state index in [1.165, 1.54) is 11.9 Å². The van der Waals surface area contributed by atoms with Gasteiger partial charge in [-0.2, -0.15) is 0 Å². The Hall–Kier alpha value is -3.10. The van der Waals surface area contributed by atoms with Crippen molar-refractivity contribution in [1.29, 1.82) is 0 Å². The lowest BCUT2D eigenvalue weighted by molar-refractivity contribution is 0.0697. The summed E-state index contributed by atoms with van der Waals surface area (Å²) in [7, 11) is 0. The molecule has 0 aliphatic carbocycles. The van der Waals surface area contributed by atoms with Crippen molar-refractivity contribution in [3.8, 4) is 0 Å². The fraction of sp³-hybridized carbons (Fsp3) is 0. The van der Waals surface area contributed by atoms with Gasteiger partial charge in [0.15, 0.2) is 11.6 Å². The normalized spacial score (nSPS) is 10.7. The van der Waals surface area contributed by atoms with Gasteiger partial charge >= 0.3 is 5.97 Å². The van der Waals surface area contributed by atoms with Gasteiger partial charge in [-0.3, -0.25) is 0 Å². The third-order valence-electron chi connectivity index (χ3n) is 4.02. The molecular formula is C21H15BrN4O2S. The standard InChI is InChI=1S/C21H15BrN4O2S/c22-14-8-10-16(11-9-14)29-26-20-19(24-17-6-1-2-7-18(17)25-20)23-15-5-3-4-13(12-15)21(27)28/h1-12H,(H,23,24)(H,25,26)(H,27,28). The fourth-order valence-electron chi connectivity index (χ4n) is 2.63. The van der Waals surface area contributed by atoms with Crippen LogP contribution in [0.3, 0.4) is 0 Å². The van der Waals surface area contributed by atoms with Crippen LogP contribution in [0, 0.1) is 0 Å². The van der Waals surface area contributed by atoms with Crippen LogP contribution in [0.2, 0.25) is 0 Å². The van der Waals surface area contributed by atoms with Crippen molar-refractivity contribution in [2.75, 3.05) is 10.0 Å². The van der Waals surface area contributed by atoms with Crippen molar-refractivity contribution in [2.45, 2.75) is 4.90 Å². The molecule has 1 heterocycles. The molecule has 0 bridgehead atoms. The van der Waals surface area contributed by atoms with E-state index in [0.29, 0.717) is 17.3 Å². The van der Waals surface area contributed by atoms with Crippen LogP contribution in [0.15, 0.2) is 82.2 Å². The number of benzene rings is 3. The van der Waals surface area contributed by atoms with Crippen LogP contribution in [0.4, 0.5) is 17.3 Å². The maximum absolute atomic E-state index is 11.3. The molecule has 6 nitrogen and oxygen atoms in total. The number of halogens is 1. The van der Waals surface area contributed by atoms with Crippen LogP contribution in [0.25, 0.3) is 11.0 Å².